The Morgan fingerprint density at radius 3 is 1.74 bits per heavy atom. The molecule has 2 atom stereocenters. The highest BCUT2D eigenvalue weighted by Gasteiger charge is 2.39. The Hall–Kier alpha value is -5.14. The number of aliphatic hydroxyl groups excluding tert-OH is 1. The second-order valence-corrected chi connectivity index (χ2v) is 11.5. The fourth-order valence-corrected chi connectivity index (χ4v) is 6.27. The number of hydrogen-bond donors (Lipinski definition) is 1. The van der Waals surface area contributed by atoms with Crippen molar-refractivity contribution in [3.63, 3.8) is 0 Å². The summed E-state index contributed by atoms with van der Waals surface area (Å²) in [6.45, 7) is 0.701. The maximum absolute atomic E-state index is 12.0. The minimum atomic E-state index is -0.999. The molecule has 0 aliphatic carbocycles. The molecule has 6 heteroatoms. The third-order valence-electron chi connectivity index (χ3n) is 8.69. The Labute approximate surface area is 269 Å². The number of aliphatic hydroxyl groups is 1. The normalized spacial score (nSPS) is 13.0. The fraction of sp³-hybridized carbons (Fsp3) is 0.150. The maximum Gasteiger partial charge on any atom is 0.269 e. The van der Waals surface area contributed by atoms with Gasteiger partial charge in [0.15, 0.2) is 0 Å². The summed E-state index contributed by atoms with van der Waals surface area (Å²) in [5.41, 5.74) is 3.60. The van der Waals surface area contributed by atoms with Crippen molar-refractivity contribution >= 4 is 16.5 Å². The first-order chi connectivity index (χ1) is 22.5. The predicted octanol–water partition coefficient (Wildman–Crippen LogP) is 8.29. The largest absolute Gasteiger partial charge is 0.387 e. The molecule has 0 radical (unpaired) electrons. The van der Waals surface area contributed by atoms with E-state index in [4.69, 9.17) is 4.74 Å². The van der Waals surface area contributed by atoms with Gasteiger partial charge in [-0.25, -0.2) is 0 Å². The van der Waals surface area contributed by atoms with Gasteiger partial charge in [-0.3, -0.25) is 15.0 Å². The summed E-state index contributed by atoms with van der Waals surface area (Å²) in [7, 11) is 1.99. The molecular formula is C40H36N2O4. The summed E-state index contributed by atoms with van der Waals surface area (Å²) in [6, 6.07) is 50.6. The van der Waals surface area contributed by atoms with Crippen molar-refractivity contribution in [2.45, 2.75) is 24.3 Å². The van der Waals surface area contributed by atoms with Gasteiger partial charge in [-0.1, -0.05) is 133 Å². The van der Waals surface area contributed by atoms with Gasteiger partial charge in [-0.05, 0) is 57.8 Å². The molecule has 1 N–H and O–H groups in total. The molecule has 0 spiro atoms. The van der Waals surface area contributed by atoms with Crippen LogP contribution in [-0.2, 0) is 16.9 Å². The fourth-order valence-electron chi connectivity index (χ4n) is 6.27. The van der Waals surface area contributed by atoms with Crippen molar-refractivity contribution in [2.75, 3.05) is 13.7 Å². The van der Waals surface area contributed by atoms with Gasteiger partial charge in [-0.2, -0.15) is 0 Å². The Bertz CT molecular complexity index is 1780. The molecule has 6 aromatic carbocycles. The molecule has 0 saturated heterocycles. The Morgan fingerprint density at radius 2 is 1.20 bits per heavy atom. The topological polar surface area (TPSA) is 75.8 Å². The molecular weight excluding hydrogens is 572 g/mol. The standard InChI is InChI=1S/C40H36N2O4/c1-41(28-32-16-13-15-30-14-11-12-23-37(30)32)38(39(43)31-24-26-36(27-25-31)42(44)45)29-46-40(33-17-5-2-6-18-33,34-19-7-3-8-20-34)35-21-9-4-10-22-35/h2-27,38-39,43H,28-29H2,1H3/t38-,39-/m1/s1. The van der Waals surface area contributed by atoms with E-state index >= 15 is 0 Å². The van der Waals surface area contributed by atoms with E-state index in [0.717, 1.165) is 33.0 Å². The number of nitro groups is 1. The van der Waals surface area contributed by atoms with Crippen molar-refractivity contribution in [1.29, 1.82) is 0 Å². The molecule has 0 aliphatic rings. The van der Waals surface area contributed by atoms with Crippen LogP contribution in [0.3, 0.4) is 0 Å². The first kappa shape index (κ1) is 30.9. The van der Waals surface area contributed by atoms with Crippen molar-refractivity contribution in [2.24, 2.45) is 0 Å². The van der Waals surface area contributed by atoms with Crippen LogP contribution < -0.4 is 0 Å². The first-order valence-corrected chi connectivity index (χ1v) is 15.4. The van der Waals surface area contributed by atoms with Gasteiger partial charge in [0.1, 0.15) is 5.60 Å². The van der Waals surface area contributed by atoms with Gasteiger partial charge in [0.25, 0.3) is 5.69 Å². The third kappa shape index (κ3) is 6.32. The van der Waals surface area contributed by atoms with Crippen molar-refractivity contribution in [3.8, 4) is 0 Å². The Kier molecular flexibility index (Phi) is 9.31. The molecule has 0 bridgehead atoms. The maximum atomic E-state index is 12.0. The third-order valence-corrected chi connectivity index (χ3v) is 8.69. The number of nitrogens with zero attached hydrogens (tertiary/aromatic N) is 2. The second-order valence-electron chi connectivity index (χ2n) is 11.5. The highest BCUT2D eigenvalue weighted by Crippen LogP contribution is 2.41. The number of fused-ring (bicyclic) bond motifs is 1. The van der Waals surface area contributed by atoms with Crippen LogP contribution >= 0.6 is 0 Å². The number of ether oxygens (including phenoxy) is 1. The lowest BCUT2D eigenvalue weighted by Crippen LogP contribution is -2.44. The van der Waals surface area contributed by atoms with Gasteiger partial charge >= 0.3 is 0 Å². The van der Waals surface area contributed by atoms with Crippen molar-refractivity contribution < 1.29 is 14.8 Å². The van der Waals surface area contributed by atoms with E-state index in [1.165, 1.54) is 12.1 Å². The number of rotatable bonds is 12. The van der Waals surface area contributed by atoms with Gasteiger partial charge in [0.05, 0.1) is 23.7 Å². The molecule has 0 amide bonds. The summed E-state index contributed by atoms with van der Waals surface area (Å²) in [4.78, 5) is 13.0. The van der Waals surface area contributed by atoms with Crippen LogP contribution in [0.25, 0.3) is 10.8 Å². The van der Waals surface area contributed by atoms with E-state index in [0.29, 0.717) is 12.1 Å². The molecule has 6 aromatic rings. The highest BCUT2D eigenvalue weighted by atomic mass is 16.6. The Morgan fingerprint density at radius 1 is 0.696 bits per heavy atom. The average molecular weight is 609 g/mol. The minimum absolute atomic E-state index is 0.0240. The molecule has 0 unspecified atom stereocenters. The predicted molar refractivity (Wildman–Crippen MR) is 182 cm³/mol. The van der Waals surface area contributed by atoms with Crippen LogP contribution in [0, 0.1) is 10.1 Å². The highest BCUT2D eigenvalue weighted by molar-refractivity contribution is 5.85. The van der Waals surface area contributed by atoms with Crippen molar-refractivity contribution in [3.05, 3.63) is 196 Å². The summed E-state index contributed by atoms with van der Waals surface area (Å²) < 4.78 is 7.19. The number of likely N-dealkylation sites (N-methyl/N-ethyl adjacent to an activating group) is 1. The van der Waals surface area contributed by atoms with E-state index in [1.807, 2.05) is 73.8 Å². The smallest absolute Gasteiger partial charge is 0.269 e. The molecule has 0 heterocycles. The number of non-ortho nitro benzene ring substituents is 1. The van der Waals surface area contributed by atoms with Gasteiger partial charge in [0, 0.05) is 18.7 Å². The van der Waals surface area contributed by atoms with E-state index in [1.54, 1.807) is 12.1 Å². The SMILES string of the molecule is CN(Cc1cccc2ccccc12)[C@H](COC(c1ccccc1)(c1ccccc1)c1ccccc1)[C@H](O)c1ccc([N+](=O)[O-])cc1. The summed E-state index contributed by atoms with van der Waals surface area (Å²) in [6.07, 6.45) is -0.999. The lowest BCUT2D eigenvalue weighted by Gasteiger charge is -2.40. The monoisotopic (exact) mass is 608 g/mol. The lowest BCUT2D eigenvalue weighted by molar-refractivity contribution is -0.384. The van der Waals surface area contributed by atoms with E-state index in [2.05, 4.69) is 71.6 Å². The average Bonchev–Trinajstić information content (AvgIpc) is 3.11. The van der Waals surface area contributed by atoms with Gasteiger partial charge in [0.2, 0.25) is 0 Å². The Balaban J connectivity index is 1.43. The molecule has 0 fully saturated rings. The summed E-state index contributed by atoms with van der Waals surface area (Å²) in [5.74, 6) is 0. The van der Waals surface area contributed by atoms with Crippen LogP contribution in [-0.4, -0.2) is 34.6 Å². The molecule has 0 aliphatic heterocycles. The van der Waals surface area contributed by atoms with Crippen LogP contribution in [0.1, 0.15) is 33.9 Å². The number of benzene rings is 6. The summed E-state index contributed by atoms with van der Waals surface area (Å²) >= 11 is 0. The van der Waals surface area contributed by atoms with Gasteiger partial charge < -0.3 is 9.84 Å². The van der Waals surface area contributed by atoms with Crippen molar-refractivity contribution in [1.82, 2.24) is 4.90 Å². The zero-order chi connectivity index (χ0) is 31.9. The van der Waals surface area contributed by atoms with Crippen LogP contribution in [0.15, 0.2) is 158 Å². The van der Waals surface area contributed by atoms with E-state index < -0.39 is 22.7 Å². The van der Waals surface area contributed by atoms with E-state index in [-0.39, 0.29) is 12.3 Å². The number of nitro benzene ring substituents is 1. The zero-order valence-corrected chi connectivity index (χ0v) is 25.6. The minimum Gasteiger partial charge on any atom is -0.387 e. The first-order valence-electron chi connectivity index (χ1n) is 15.4. The second kappa shape index (κ2) is 13.9. The molecule has 0 saturated carbocycles. The molecule has 0 aromatic heterocycles. The molecule has 6 rings (SSSR count). The molecule has 46 heavy (non-hydrogen) atoms. The summed E-state index contributed by atoms with van der Waals surface area (Å²) in [5, 5.41) is 25.6. The zero-order valence-electron chi connectivity index (χ0n) is 25.6. The lowest BCUT2D eigenvalue weighted by atomic mass is 9.80. The molecule has 230 valence electrons. The van der Waals surface area contributed by atoms with Crippen LogP contribution in [0.2, 0.25) is 0 Å². The molecule has 6 nitrogen and oxygen atoms in total. The van der Waals surface area contributed by atoms with Crippen LogP contribution in [0.4, 0.5) is 5.69 Å². The quantitative estimate of drug-likeness (QED) is 0.0860. The van der Waals surface area contributed by atoms with Crippen LogP contribution in [0.5, 0.6) is 0 Å². The van der Waals surface area contributed by atoms with E-state index in [9.17, 15) is 15.2 Å². The van der Waals surface area contributed by atoms with Gasteiger partial charge in [-0.15, -0.1) is 0 Å². The number of hydrogen-bond acceptors (Lipinski definition) is 5.